The lowest BCUT2D eigenvalue weighted by atomic mass is 10.1. The molecule has 2 aliphatic heterocycles. The number of nitrogens with zero attached hydrogens (tertiary/aromatic N) is 1. The van der Waals surface area contributed by atoms with Crippen molar-refractivity contribution in [2.24, 2.45) is 0 Å². The van der Waals surface area contributed by atoms with Crippen molar-refractivity contribution in [3.63, 3.8) is 0 Å². The van der Waals surface area contributed by atoms with Gasteiger partial charge in [-0.2, -0.15) is 13.2 Å². The number of aliphatic hydroxyl groups is 1. The third-order valence-electron chi connectivity index (χ3n) is 6.60. The van der Waals surface area contributed by atoms with Crippen LogP contribution in [0.2, 0.25) is 0 Å². The highest BCUT2D eigenvalue weighted by Crippen LogP contribution is 2.54. The monoisotopic (exact) mass is 516 g/mol. The average molecular weight is 516 g/mol. The number of hydrogen-bond acceptors (Lipinski definition) is 7. The van der Waals surface area contributed by atoms with Gasteiger partial charge in [0.15, 0.2) is 12.2 Å². The van der Waals surface area contributed by atoms with Crippen LogP contribution in [0.15, 0.2) is 48.7 Å². The Bertz CT molecular complexity index is 1400. The molecular weight excluding hydrogens is 496 g/mol. The van der Waals surface area contributed by atoms with Crippen LogP contribution >= 0.6 is 0 Å². The lowest BCUT2D eigenvalue weighted by Gasteiger charge is -2.20. The van der Waals surface area contributed by atoms with Gasteiger partial charge in [0.05, 0.1) is 17.3 Å². The van der Waals surface area contributed by atoms with Crippen molar-refractivity contribution in [3.8, 4) is 17.2 Å². The van der Waals surface area contributed by atoms with E-state index in [2.05, 4.69) is 20.9 Å². The van der Waals surface area contributed by atoms with Crippen LogP contribution in [-0.4, -0.2) is 34.5 Å². The molecule has 1 saturated carbocycles. The number of nitrogens with one attached hydrogen (secondary N) is 3. The SMILES string of the molecule is O=C1CCc2c(Oc3ccc4c(c3)[C@H]3[C@H](NC(O)Nc5cccc(C(F)(F)F)c5F)[C@H]3O4)ccnc2N1. The van der Waals surface area contributed by atoms with Crippen LogP contribution in [0.3, 0.4) is 0 Å². The van der Waals surface area contributed by atoms with E-state index in [9.17, 15) is 27.5 Å². The van der Waals surface area contributed by atoms with Gasteiger partial charge in [0.25, 0.3) is 0 Å². The zero-order valence-corrected chi connectivity index (χ0v) is 19.0. The number of carbonyl (C=O) groups excluding carboxylic acids is 1. The number of halogens is 4. The lowest BCUT2D eigenvalue weighted by molar-refractivity contribution is -0.139. The van der Waals surface area contributed by atoms with E-state index in [-0.39, 0.29) is 24.0 Å². The number of aliphatic hydroxyl groups excluding tert-OH is 1. The zero-order valence-electron chi connectivity index (χ0n) is 19.0. The molecule has 0 saturated heterocycles. The summed E-state index contributed by atoms with van der Waals surface area (Å²) >= 11 is 0. The van der Waals surface area contributed by atoms with Gasteiger partial charge in [-0.05, 0) is 42.8 Å². The summed E-state index contributed by atoms with van der Waals surface area (Å²) in [7, 11) is 0. The third kappa shape index (κ3) is 4.31. The molecule has 4 atom stereocenters. The van der Waals surface area contributed by atoms with Gasteiger partial charge in [0, 0.05) is 29.7 Å². The van der Waals surface area contributed by atoms with E-state index in [0.29, 0.717) is 42.0 Å². The number of ether oxygens (including phenoxy) is 2. The Balaban J connectivity index is 1.14. The van der Waals surface area contributed by atoms with E-state index in [1.165, 1.54) is 0 Å². The first-order valence-corrected chi connectivity index (χ1v) is 11.5. The highest BCUT2D eigenvalue weighted by molar-refractivity contribution is 5.93. The van der Waals surface area contributed by atoms with Gasteiger partial charge in [-0.3, -0.25) is 10.1 Å². The molecule has 3 aromatic rings. The lowest BCUT2D eigenvalue weighted by Crippen LogP contribution is -2.40. The third-order valence-corrected chi connectivity index (χ3v) is 6.60. The van der Waals surface area contributed by atoms with E-state index in [1.807, 2.05) is 6.07 Å². The van der Waals surface area contributed by atoms with Crippen LogP contribution in [0.5, 0.6) is 17.2 Å². The quantitative estimate of drug-likeness (QED) is 0.289. The summed E-state index contributed by atoms with van der Waals surface area (Å²) in [5.41, 5.74) is -0.252. The maximum Gasteiger partial charge on any atom is 0.419 e. The first-order valence-electron chi connectivity index (χ1n) is 11.5. The number of benzene rings is 2. The number of pyridine rings is 1. The Hall–Kier alpha value is -3.90. The van der Waals surface area contributed by atoms with E-state index < -0.39 is 29.6 Å². The van der Waals surface area contributed by atoms with Gasteiger partial charge in [0.1, 0.15) is 29.2 Å². The van der Waals surface area contributed by atoms with Gasteiger partial charge < -0.3 is 25.2 Å². The largest absolute Gasteiger partial charge is 0.488 e. The summed E-state index contributed by atoms with van der Waals surface area (Å²) in [6, 6.07) is 9.53. The van der Waals surface area contributed by atoms with Gasteiger partial charge >= 0.3 is 6.18 Å². The van der Waals surface area contributed by atoms with Crippen molar-refractivity contribution in [1.82, 2.24) is 10.3 Å². The minimum atomic E-state index is -4.85. The fourth-order valence-corrected chi connectivity index (χ4v) is 4.82. The van der Waals surface area contributed by atoms with Crippen molar-refractivity contribution in [2.75, 3.05) is 10.6 Å². The minimum absolute atomic E-state index is 0.0994. The number of amides is 1. The molecule has 1 aliphatic carbocycles. The summed E-state index contributed by atoms with van der Waals surface area (Å²) in [6.45, 7) is 0. The molecule has 1 aromatic heterocycles. The van der Waals surface area contributed by atoms with Crippen LogP contribution in [0.4, 0.5) is 29.1 Å². The van der Waals surface area contributed by atoms with Crippen molar-refractivity contribution in [1.29, 1.82) is 0 Å². The second-order valence-electron chi connectivity index (χ2n) is 9.00. The number of anilines is 2. The molecule has 8 nitrogen and oxygen atoms in total. The molecule has 3 heterocycles. The Morgan fingerprint density at radius 2 is 2.03 bits per heavy atom. The smallest absolute Gasteiger partial charge is 0.419 e. The number of fused-ring (bicyclic) bond motifs is 4. The molecule has 192 valence electrons. The summed E-state index contributed by atoms with van der Waals surface area (Å²) in [5.74, 6) is 0.536. The van der Waals surface area contributed by atoms with Gasteiger partial charge in [-0.25, -0.2) is 9.37 Å². The number of aromatic nitrogens is 1. The van der Waals surface area contributed by atoms with Crippen LogP contribution in [0, 0.1) is 5.82 Å². The van der Waals surface area contributed by atoms with Crippen molar-refractivity contribution < 1.29 is 36.9 Å². The summed E-state index contributed by atoms with van der Waals surface area (Å²) < 4.78 is 65.1. The van der Waals surface area contributed by atoms with E-state index in [1.54, 1.807) is 24.4 Å². The molecule has 12 heteroatoms. The summed E-state index contributed by atoms with van der Waals surface area (Å²) in [6.07, 6.45) is -4.27. The Kier molecular flexibility index (Phi) is 5.46. The molecule has 1 fully saturated rings. The fraction of sp³-hybridized carbons (Fsp3) is 0.280. The molecule has 0 spiro atoms. The first kappa shape index (κ1) is 23.5. The Morgan fingerprint density at radius 1 is 1.19 bits per heavy atom. The van der Waals surface area contributed by atoms with Gasteiger partial charge in [-0.15, -0.1) is 0 Å². The predicted octanol–water partition coefficient (Wildman–Crippen LogP) is 4.12. The predicted molar refractivity (Wildman–Crippen MR) is 123 cm³/mol. The molecule has 1 amide bonds. The van der Waals surface area contributed by atoms with Crippen molar-refractivity contribution in [3.05, 3.63) is 71.2 Å². The molecular formula is C25H20F4N4O4. The molecule has 1 unspecified atom stereocenters. The van der Waals surface area contributed by atoms with Gasteiger partial charge in [-0.1, -0.05) is 6.07 Å². The molecule has 4 N–H and O–H groups in total. The Labute approximate surface area is 207 Å². The van der Waals surface area contributed by atoms with E-state index in [0.717, 1.165) is 23.3 Å². The van der Waals surface area contributed by atoms with Crippen molar-refractivity contribution in [2.45, 2.75) is 43.4 Å². The van der Waals surface area contributed by atoms with E-state index >= 15 is 0 Å². The zero-order chi connectivity index (χ0) is 25.9. The van der Waals surface area contributed by atoms with Crippen LogP contribution in [-0.2, 0) is 17.4 Å². The number of rotatable bonds is 6. The number of alkyl halides is 3. The highest BCUT2D eigenvalue weighted by Gasteiger charge is 2.59. The van der Waals surface area contributed by atoms with Crippen LogP contribution in [0.25, 0.3) is 0 Å². The average Bonchev–Trinajstić information content (AvgIpc) is 3.35. The maximum atomic E-state index is 14.3. The molecule has 3 aliphatic rings. The standard InChI is InChI=1S/C25H20F4N4O4/c26-20-14(25(27,28)29)2-1-3-15(20)31-24(35)33-21-19-13-10-11(4-6-16(13)37-22(19)21)36-17-8-9-30-23-12(17)5-7-18(34)32-23/h1-4,6,8-10,19,21-22,24,31,33,35H,5,7H2,(H,30,32,34)/t19-,21-,22-,24?/m0/s1. The summed E-state index contributed by atoms with van der Waals surface area (Å²) in [4.78, 5) is 15.8. The molecule has 0 radical (unpaired) electrons. The molecule has 6 rings (SSSR count). The Morgan fingerprint density at radius 3 is 2.84 bits per heavy atom. The maximum absolute atomic E-state index is 14.3. The second-order valence-corrected chi connectivity index (χ2v) is 9.00. The highest BCUT2D eigenvalue weighted by atomic mass is 19.4. The normalized spacial score (nSPS) is 22.2. The first-order chi connectivity index (χ1) is 17.7. The molecule has 37 heavy (non-hydrogen) atoms. The molecule has 2 aromatic carbocycles. The number of hydrogen-bond donors (Lipinski definition) is 4. The minimum Gasteiger partial charge on any atom is -0.488 e. The fourth-order valence-electron chi connectivity index (χ4n) is 4.82. The number of carbonyl (C=O) groups is 1. The van der Waals surface area contributed by atoms with E-state index in [4.69, 9.17) is 9.47 Å². The van der Waals surface area contributed by atoms with Gasteiger partial charge in [0.2, 0.25) is 5.91 Å². The molecule has 0 bridgehead atoms. The van der Waals surface area contributed by atoms with Crippen LogP contribution < -0.4 is 25.4 Å². The second kappa shape index (κ2) is 8.60. The topological polar surface area (TPSA) is 105 Å². The summed E-state index contributed by atoms with van der Waals surface area (Å²) in [5, 5.41) is 18.2. The van der Waals surface area contributed by atoms with Crippen molar-refractivity contribution >= 4 is 17.4 Å². The van der Waals surface area contributed by atoms with Crippen LogP contribution in [0.1, 0.15) is 29.0 Å².